The number of hydrogen-bond donors (Lipinski definition) is 1. The number of likely N-dealkylation sites (N-methyl/N-ethyl adjacent to an activating group) is 1. The molecule has 1 atom stereocenters. The summed E-state index contributed by atoms with van der Waals surface area (Å²) in [6.07, 6.45) is 3.67. The highest BCUT2D eigenvalue weighted by Gasteiger charge is 2.27. The fourth-order valence-electron chi connectivity index (χ4n) is 4.50. The van der Waals surface area contributed by atoms with E-state index in [0.29, 0.717) is 18.5 Å². The first-order valence-corrected chi connectivity index (χ1v) is 13.5. The molecule has 3 rings (SSSR count). The Labute approximate surface area is 200 Å². The minimum Gasteiger partial charge on any atom is -0.340 e. The lowest BCUT2D eigenvalue weighted by Crippen LogP contribution is -2.48. The van der Waals surface area contributed by atoms with E-state index in [1.54, 1.807) is 12.1 Å². The van der Waals surface area contributed by atoms with E-state index < -0.39 is 27.5 Å². The molecule has 0 spiro atoms. The zero-order valence-electron chi connectivity index (χ0n) is 19.7. The highest BCUT2D eigenvalue weighted by molar-refractivity contribution is 7.90. The topological polar surface area (TPSA) is 83.7 Å². The Kier molecular flexibility index (Phi) is 8.78. The van der Waals surface area contributed by atoms with Crippen LogP contribution in [0, 0.1) is 11.6 Å². The summed E-state index contributed by atoms with van der Waals surface area (Å²) < 4.78 is 50.1. The summed E-state index contributed by atoms with van der Waals surface area (Å²) in [6, 6.07) is 9.56. The fourth-order valence-corrected chi connectivity index (χ4v) is 5.13. The van der Waals surface area contributed by atoms with E-state index in [2.05, 4.69) is 4.90 Å². The Bertz CT molecular complexity index is 1060. The quantitative estimate of drug-likeness (QED) is 0.580. The second-order valence-corrected chi connectivity index (χ2v) is 11.0. The van der Waals surface area contributed by atoms with Crippen LogP contribution in [0.4, 0.5) is 8.78 Å². The largest absolute Gasteiger partial charge is 0.340 e. The number of sulfone groups is 1. The van der Waals surface area contributed by atoms with Crippen LogP contribution in [-0.2, 0) is 21.1 Å². The Morgan fingerprint density at radius 2 is 1.71 bits per heavy atom. The monoisotopic (exact) mass is 493 g/mol. The molecular formula is C25H33F2N3O3S. The van der Waals surface area contributed by atoms with Crippen LogP contribution in [0.15, 0.2) is 47.4 Å². The average molecular weight is 494 g/mol. The predicted molar refractivity (Wildman–Crippen MR) is 128 cm³/mol. The third-order valence-corrected chi connectivity index (χ3v) is 7.56. The molecule has 2 aromatic rings. The van der Waals surface area contributed by atoms with E-state index in [9.17, 15) is 22.0 Å². The molecule has 34 heavy (non-hydrogen) atoms. The molecule has 1 fully saturated rings. The maximum Gasteiger partial charge on any atom is 0.227 e. The number of nitrogens with two attached hydrogens (primary N) is 1. The lowest BCUT2D eigenvalue weighted by atomic mass is 10.00. The summed E-state index contributed by atoms with van der Waals surface area (Å²) in [7, 11) is -3.26. The molecule has 186 valence electrons. The molecule has 0 bridgehead atoms. The molecule has 0 saturated carbocycles. The predicted octanol–water partition coefficient (Wildman–Crippen LogP) is 3.31. The Balaban J connectivity index is 1.49. The number of piperidine rings is 1. The number of amides is 1. The average Bonchev–Trinajstić information content (AvgIpc) is 2.78. The van der Waals surface area contributed by atoms with Crippen molar-refractivity contribution < 1.29 is 22.0 Å². The first-order chi connectivity index (χ1) is 16.1. The van der Waals surface area contributed by atoms with Crippen LogP contribution in [-0.4, -0.2) is 62.6 Å². The van der Waals surface area contributed by atoms with Gasteiger partial charge in [0.05, 0.1) is 11.3 Å². The summed E-state index contributed by atoms with van der Waals surface area (Å²) in [6.45, 7) is 4.94. The van der Waals surface area contributed by atoms with Crippen LogP contribution in [0.25, 0.3) is 0 Å². The molecule has 1 amide bonds. The summed E-state index contributed by atoms with van der Waals surface area (Å²) >= 11 is 0. The number of likely N-dealkylation sites (tertiary alicyclic amines) is 1. The number of rotatable bonds is 9. The molecule has 0 radical (unpaired) electrons. The highest BCUT2D eigenvalue weighted by Crippen LogP contribution is 2.21. The van der Waals surface area contributed by atoms with Crippen molar-refractivity contribution >= 4 is 15.7 Å². The van der Waals surface area contributed by atoms with Crippen molar-refractivity contribution in [1.29, 1.82) is 0 Å². The van der Waals surface area contributed by atoms with Crippen molar-refractivity contribution in [1.82, 2.24) is 9.80 Å². The smallest absolute Gasteiger partial charge is 0.227 e. The minimum absolute atomic E-state index is 0.0307. The van der Waals surface area contributed by atoms with E-state index in [1.165, 1.54) is 24.3 Å². The van der Waals surface area contributed by atoms with Crippen LogP contribution in [0.3, 0.4) is 0 Å². The summed E-state index contributed by atoms with van der Waals surface area (Å²) in [4.78, 5) is 17.4. The third-order valence-electron chi connectivity index (χ3n) is 6.44. The van der Waals surface area contributed by atoms with Crippen molar-refractivity contribution in [2.24, 2.45) is 5.73 Å². The zero-order chi connectivity index (χ0) is 24.9. The van der Waals surface area contributed by atoms with E-state index in [1.807, 2.05) is 11.8 Å². The van der Waals surface area contributed by atoms with Gasteiger partial charge < -0.3 is 15.5 Å². The SMILES string of the molecule is CCN(C(=O)Cc1ccc(S(C)(=O)=O)cc1)C1CCN(CCC(N)c2cc(F)cc(F)c2)CC1. The molecular weight excluding hydrogens is 460 g/mol. The van der Waals surface area contributed by atoms with Crippen molar-refractivity contribution in [3.63, 3.8) is 0 Å². The van der Waals surface area contributed by atoms with Crippen molar-refractivity contribution in [2.45, 2.75) is 49.6 Å². The normalized spacial score (nSPS) is 16.4. The zero-order valence-corrected chi connectivity index (χ0v) is 20.5. The van der Waals surface area contributed by atoms with Crippen LogP contribution < -0.4 is 5.73 Å². The molecule has 2 aromatic carbocycles. The van der Waals surface area contributed by atoms with Gasteiger partial charge in [0.15, 0.2) is 9.84 Å². The maximum atomic E-state index is 13.4. The summed E-state index contributed by atoms with van der Waals surface area (Å²) in [5, 5.41) is 0. The number of carbonyl (C=O) groups is 1. The number of hydrogen-bond acceptors (Lipinski definition) is 5. The van der Waals surface area contributed by atoms with Crippen molar-refractivity contribution in [3.8, 4) is 0 Å². The Morgan fingerprint density at radius 1 is 1.12 bits per heavy atom. The molecule has 6 nitrogen and oxygen atoms in total. The summed E-state index contributed by atoms with van der Waals surface area (Å²) in [5.41, 5.74) is 7.39. The molecule has 1 unspecified atom stereocenters. The number of carbonyl (C=O) groups excluding carboxylic acids is 1. The Hall–Kier alpha value is -2.36. The van der Waals surface area contributed by atoms with Crippen molar-refractivity contribution in [3.05, 3.63) is 65.2 Å². The number of benzene rings is 2. The lowest BCUT2D eigenvalue weighted by Gasteiger charge is -2.38. The van der Waals surface area contributed by atoms with Gasteiger partial charge in [0.25, 0.3) is 0 Å². The van der Waals surface area contributed by atoms with Gasteiger partial charge in [0.1, 0.15) is 11.6 Å². The molecule has 9 heteroatoms. The van der Waals surface area contributed by atoms with Crippen molar-refractivity contribution in [2.75, 3.05) is 32.4 Å². The van der Waals surface area contributed by atoms with E-state index in [0.717, 1.165) is 50.4 Å². The van der Waals surface area contributed by atoms with Gasteiger partial charge in [-0.25, -0.2) is 17.2 Å². The molecule has 1 heterocycles. The van der Waals surface area contributed by atoms with Gasteiger partial charge in [0, 0.05) is 44.0 Å². The number of halogens is 2. The minimum atomic E-state index is -3.26. The second-order valence-electron chi connectivity index (χ2n) is 8.94. The molecule has 1 aliphatic heterocycles. The van der Waals surface area contributed by atoms with Gasteiger partial charge in [-0.05, 0) is 68.1 Å². The van der Waals surface area contributed by atoms with Gasteiger partial charge in [-0.15, -0.1) is 0 Å². The van der Waals surface area contributed by atoms with Crippen LogP contribution in [0.1, 0.15) is 43.4 Å². The first-order valence-electron chi connectivity index (χ1n) is 11.6. The highest BCUT2D eigenvalue weighted by atomic mass is 32.2. The van der Waals surface area contributed by atoms with Gasteiger partial charge in [-0.2, -0.15) is 0 Å². The standard InChI is InChI=1S/C25H33F2N3O3S/c1-3-30(25(31)14-18-4-6-23(7-5-18)34(2,32)33)22-8-11-29(12-9-22)13-10-24(28)19-15-20(26)17-21(27)16-19/h4-7,15-17,22,24H,3,8-14,28H2,1-2H3. The Morgan fingerprint density at radius 3 is 2.24 bits per heavy atom. The van der Waals surface area contributed by atoms with Gasteiger partial charge in [-0.1, -0.05) is 12.1 Å². The summed E-state index contributed by atoms with van der Waals surface area (Å²) in [5.74, 6) is -1.22. The molecule has 2 N–H and O–H groups in total. The van der Waals surface area contributed by atoms with Crippen LogP contribution >= 0.6 is 0 Å². The lowest BCUT2D eigenvalue weighted by molar-refractivity contribution is -0.133. The van der Waals surface area contributed by atoms with E-state index in [-0.39, 0.29) is 23.3 Å². The molecule has 1 saturated heterocycles. The molecule has 0 aliphatic carbocycles. The van der Waals surface area contributed by atoms with E-state index >= 15 is 0 Å². The van der Waals surface area contributed by atoms with Gasteiger partial charge >= 0.3 is 0 Å². The molecule has 1 aliphatic rings. The van der Waals surface area contributed by atoms with Crippen LogP contribution in [0.2, 0.25) is 0 Å². The fraction of sp³-hybridized carbons (Fsp3) is 0.480. The van der Waals surface area contributed by atoms with Gasteiger partial charge in [0.2, 0.25) is 5.91 Å². The second kappa shape index (κ2) is 11.4. The molecule has 0 aromatic heterocycles. The maximum absolute atomic E-state index is 13.4. The van der Waals surface area contributed by atoms with Gasteiger partial charge in [-0.3, -0.25) is 4.79 Å². The first kappa shape index (κ1) is 26.2. The number of nitrogens with zero attached hydrogens (tertiary/aromatic N) is 2. The third kappa shape index (κ3) is 7.07. The van der Waals surface area contributed by atoms with Crippen LogP contribution in [0.5, 0.6) is 0 Å². The van der Waals surface area contributed by atoms with E-state index in [4.69, 9.17) is 5.73 Å².